The summed E-state index contributed by atoms with van der Waals surface area (Å²) in [6, 6.07) is -0.175. The number of Topliss-reactive ketones (excluding diaryl/α,β-unsaturated/α-hetero) is 1. The minimum absolute atomic E-state index is 0.0159. The molecule has 1 aliphatic rings. The second-order valence-corrected chi connectivity index (χ2v) is 4.91. The van der Waals surface area contributed by atoms with Crippen LogP contribution in [0.15, 0.2) is 0 Å². The highest BCUT2D eigenvalue weighted by atomic mass is 16.2. The summed E-state index contributed by atoms with van der Waals surface area (Å²) in [6.07, 6.45) is 1.85. The van der Waals surface area contributed by atoms with Crippen LogP contribution in [0.5, 0.6) is 0 Å². The first-order chi connectivity index (χ1) is 6.93. The highest BCUT2D eigenvalue weighted by molar-refractivity contribution is 5.89. The number of rotatable bonds is 2. The van der Waals surface area contributed by atoms with Crippen LogP contribution in [0.2, 0.25) is 0 Å². The van der Waals surface area contributed by atoms with Crippen molar-refractivity contribution < 1.29 is 9.59 Å². The van der Waals surface area contributed by atoms with Crippen molar-refractivity contribution in [2.45, 2.75) is 46.6 Å². The number of ketones is 1. The second-order valence-electron chi connectivity index (χ2n) is 4.91. The first-order valence-corrected chi connectivity index (χ1v) is 5.74. The van der Waals surface area contributed by atoms with Crippen molar-refractivity contribution in [2.24, 2.45) is 11.8 Å². The summed E-state index contributed by atoms with van der Waals surface area (Å²) in [5.41, 5.74) is 0. The summed E-state index contributed by atoms with van der Waals surface area (Å²) < 4.78 is 0. The zero-order valence-electron chi connectivity index (χ0n) is 10.1. The lowest BCUT2D eigenvalue weighted by Crippen LogP contribution is -2.50. The van der Waals surface area contributed by atoms with E-state index in [4.69, 9.17) is 0 Å². The molecule has 1 amide bonds. The third-order valence-electron chi connectivity index (χ3n) is 3.17. The molecule has 0 N–H and O–H groups in total. The molecule has 3 nitrogen and oxygen atoms in total. The van der Waals surface area contributed by atoms with Gasteiger partial charge in [0.1, 0.15) is 0 Å². The van der Waals surface area contributed by atoms with Crippen molar-refractivity contribution in [1.82, 2.24) is 4.90 Å². The Labute approximate surface area is 91.8 Å². The van der Waals surface area contributed by atoms with Crippen molar-refractivity contribution in [2.75, 3.05) is 6.54 Å². The molecule has 1 fully saturated rings. The first kappa shape index (κ1) is 12.2. The van der Waals surface area contributed by atoms with Crippen LogP contribution >= 0.6 is 0 Å². The van der Waals surface area contributed by atoms with Crippen LogP contribution in [0.25, 0.3) is 0 Å². The van der Waals surface area contributed by atoms with E-state index in [1.165, 1.54) is 0 Å². The minimum atomic E-state index is -0.175. The number of likely N-dealkylation sites (tertiary alicyclic amines) is 1. The Morgan fingerprint density at radius 2 is 1.93 bits per heavy atom. The number of amides is 1. The summed E-state index contributed by atoms with van der Waals surface area (Å²) in [7, 11) is 0. The highest BCUT2D eigenvalue weighted by Gasteiger charge is 2.33. The normalized spacial score (nSPS) is 26.9. The molecule has 86 valence electrons. The van der Waals surface area contributed by atoms with Gasteiger partial charge in [-0.3, -0.25) is 9.59 Å². The lowest BCUT2D eigenvalue weighted by molar-refractivity contribution is -0.142. The molecule has 0 aliphatic carbocycles. The molecule has 1 saturated heterocycles. The van der Waals surface area contributed by atoms with E-state index in [9.17, 15) is 9.59 Å². The maximum absolute atomic E-state index is 12.0. The fraction of sp³-hybridized carbons (Fsp3) is 0.833. The van der Waals surface area contributed by atoms with Gasteiger partial charge >= 0.3 is 0 Å². The maximum Gasteiger partial charge on any atom is 0.220 e. The SMILES string of the molecule is CC(=O)N1CCC(C)CC1C(=O)C(C)C. The molecule has 0 radical (unpaired) electrons. The molecule has 0 saturated carbocycles. The summed E-state index contributed by atoms with van der Waals surface area (Å²) in [5.74, 6) is 0.799. The lowest BCUT2D eigenvalue weighted by Gasteiger charge is -2.37. The van der Waals surface area contributed by atoms with Crippen LogP contribution in [-0.4, -0.2) is 29.2 Å². The lowest BCUT2D eigenvalue weighted by atomic mass is 9.87. The third kappa shape index (κ3) is 2.80. The number of carbonyl (C=O) groups excluding carboxylic acids is 2. The topological polar surface area (TPSA) is 37.4 Å². The van der Waals surface area contributed by atoms with Crippen LogP contribution in [-0.2, 0) is 9.59 Å². The van der Waals surface area contributed by atoms with Crippen LogP contribution in [0.4, 0.5) is 0 Å². The average Bonchev–Trinajstić information content (AvgIpc) is 2.15. The van der Waals surface area contributed by atoms with E-state index in [1.807, 2.05) is 13.8 Å². The van der Waals surface area contributed by atoms with E-state index in [1.54, 1.807) is 11.8 Å². The van der Waals surface area contributed by atoms with Crippen molar-refractivity contribution in [3.63, 3.8) is 0 Å². The Morgan fingerprint density at radius 1 is 1.33 bits per heavy atom. The molecule has 0 bridgehead atoms. The molecular formula is C12H21NO2. The Kier molecular flexibility index (Phi) is 3.89. The molecule has 2 atom stereocenters. The smallest absolute Gasteiger partial charge is 0.220 e. The van der Waals surface area contributed by atoms with Gasteiger partial charge in [-0.15, -0.1) is 0 Å². The zero-order chi connectivity index (χ0) is 11.6. The number of carbonyl (C=O) groups is 2. The van der Waals surface area contributed by atoms with Crippen molar-refractivity contribution >= 4 is 11.7 Å². The number of hydrogen-bond acceptors (Lipinski definition) is 2. The van der Waals surface area contributed by atoms with Gasteiger partial charge in [0.15, 0.2) is 5.78 Å². The highest BCUT2D eigenvalue weighted by Crippen LogP contribution is 2.24. The first-order valence-electron chi connectivity index (χ1n) is 5.74. The molecule has 1 aliphatic heterocycles. The number of hydrogen-bond donors (Lipinski definition) is 0. The molecule has 3 heteroatoms. The van der Waals surface area contributed by atoms with Gasteiger partial charge < -0.3 is 4.90 Å². The van der Waals surface area contributed by atoms with Gasteiger partial charge in [0, 0.05) is 19.4 Å². The van der Waals surface area contributed by atoms with Crippen LogP contribution in [0, 0.1) is 11.8 Å². The van der Waals surface area contributed by atoms with E-state index < -0.39 is 0 Å². The molecule has 2 unspecified atom stereocenters. The van der Waals surface area contributed by atoms with Crippen molar-refractivity contribution in [1.29, 1.82) is 0 Å². The summed E-state index contributed by atoms with van der Waals surface area (Å²) in [6.45, 7) is 8.24. The quantitative estimate of drug-likeness (QED) is 0.699. The largest absolute Gasteiger partial charge is 0.333 e. The third-order valence-corrected chi connectivity index (χ3v) is 3.17. The molecule has 0 aromatic rings. The maximum atomic E-state index is 12.0. The Balaban J connectivity index is 2.79. The summed E-state index contributed by atoms with van der Waals surface area (Å²) in [5, 5.41) is 0. The van der Waals surface area contributed by atoms with Crippen LogP contribution in [0.3, 0.4) is 0 Å². The molecule has 15 heavy (non-hydrogen) atoms. The Bertz CT molecular complexity index is 260. The Hall–Kier alpha value is -0.860. The fourth-order valence-electron chi connectivity index (χ4n) is 2.17. The molecule has 0 aromatic heterocycles. The molecule has 1 rings (SSSR count). The van der Waals surface area contributed by atoms with Gasteiger partial charge in [0.05, 0.1) is 6.04 Å². The predicted molar refractivity (Wildman–Crippen MR) is 59.4 cm³/mol. The molecule has 0 spiro atoms. The molecule has 1 heterocycles. The molecular weight excluding hydrogens is 190 g/mol. The van der Waals surface area contributed by atoms with E-state index in [0.717, 1.165) is 19.4 Å². The van der Waals surface area contributed by atoms with E-state index in [2.05, 4.69) is 6.92 Å². The second kappa shape index (κ2) is 4.77. The molecule has 0 aromatic carbocycles. The number of piperidine rings is 1. The monoisotopic (exact) mass is 211 g/mol. The minimum Gasteiger partial charge on any atom is -0.333 e. The van der Waals surface area contributed by atoms with E-state index in [-0.39, 0.29) is 23.7 Å². The van der Waals surface area contributed by atoms with E-state index >= 15 is 0 Å². The van der Waals surface area contributed by atoms with Crippen molar-refractivity contribution in [3.05, 3.63) is 0 Å². The van der Waals surface area contributed by atoms with Crippen molar-refractivity contribution in [3.8, 4) is 0 Å². The summed E-state index contributed by atoms with van der Waals surface area (Å²) in [4.78, 5) is 25.1. The fourth-order valence-corrected chi connectivity index (χ4v) is 2.17. The zero-order valence-corrected chi connectivity index (χ0v) is 10.1. The number of nitrogens with zero attached hydrogens (tertiary/aromatic N) is 1. The predicted octanol–water partition coefficient (Wildman–Crippen LogP) is 1.86. The van der Waals surface area contributed by atoms with Crippen LogP contribution < -0.4 is 0 Å². The van der Waals surface area contributed by atoms with Crippen LogP contribution in [0.1, 0.15) is 40.5 Å². The van der Waals surface area contributed by atoms with E-state index in [0.29, 0.717) is 5.92 Å². The van der Waals surface area contributed by atoms with Gasteiger partial charge in [0.2, 0.25) is 5.91 Å². The average molecular weight is 211 g/mol. The van der Waals surface area contributed by atoms with Gasteiger partial charge in [-0.1, -0.05) is 20.8 Å². The van der Waals surface area contributed by atoms with Gasteiger partial charge in [-0.25, -0.2) is 0 Å². The van der Waals surface area contributed by atoms with Gasteiger partial charge in [-0.2, -0.15) is 0 Å². The Morgan fingerprint density at radius 3 is 2.40 bits per heavy atom. The van der Waals surface area contributed by atoms with Gasteiger partial charge in [-0.05, 0) is 18.8 Å². The standard InChI is InChI=1S/C12H21NO2/c1-8(2)12(15)11-7-9(3)5-6-13(11)10(4)14/h8-9,11H,5-7H2,1-4H3. The van der Waals surface area contributed by atoms with Gasteiger partial charge in [0.25, 0.3) is 0 Å². The summed E-state index contributed by atoms with van der Waals surface area (Å²) >= 11 is 0.